The lowest BCUT2D eigenvalue weighted by atomic mass is 9.82. The maximum absolute atomic E-state index is 15.8. The van der Waals surface area contributed by atoms with E-state index in [0.717, 1.165) is 44.3 Å². The lowest BCUT2D eigenvalue weighted by Gasteiger charge is -2.36. The lowest BCUT2D eigenvalue weighted by Crippen LogP contribution is -2.49. The van der Waals surface area contributed by atoms with Crippen molar-refractivity contribution >= 4 is 17.6 Å². The van der Waals surface area contributed by atoms with E-state index in [9.17, 15) is 27.9 Å². The Kier molecular flexibility index (Phi) is 10.5. The number of hydrogen-bond donors (Lipinski definition) is 1. The number of alkyl halides is 3. The number of hydrogen-bond acceptors (Lipinski definition) is 8. The molecule has 0 bridgehead atoms. The number of methoxy groups -OCH3 is 3. The van der Waals surface area contributed by atoms with Crippen LogP contribution in [0.25, 0.3) is 0 Å². The number of aromatic nitrogens is 1. The molecule has 2 fully saturated rings. The molecule has 44 heavy (non-hydrogen) atoms. The Morgan fingerprint density at radius 1 is 1.07 bits per heavy atom. The number of ether oxygens (including phenoxy) is 4. The summed E-state index contributed by atoms with van der Waals surface area (Å²) in [6.07, 6.45) is 0.0850. The molecular formula is C31H38F4N2O7. The summed E-state index contributed by atoms with van der Waals surface area (Å²) in [5.41, 5.74) is -2.33. The Morgan fingerprint density at radius 2 is 1.70 bits per heavy atom. The lowest BCUT2D eigenvalue weighted by molar-refractivity contribution is -0.139. The summed E-state index contributed by atoms with van der Waals surface area (Å²) in [5, 5.41) is 9.68. The Morgan fingerprint density at radius 3 is 2.23 bits per heavy atom. The molecule has 1 amide bonds. The second kappa shape index (κ2) is 13.8. The fraction of sp³-hybridized carbons (Fsp3) is 0.581. The van der Waals surface area contributed by atoms with Crippen LogP contribution in [0.1, 0.15) is 66.9 Å². The highest BCUT2D eigenvalue weighted by atomic mass is 19.4. The van der Waals surface area contributed by atoms with Crippen molar-refractivity contribution in [2.24, 2.45) is 11.8 Å². The monoisotopic (exact) mass is 626 g/mol. The highest BCUT2D eigenvalue weighted by Crippen LogP contribution is 2.50. The first-order chi connectivity index (χ1) is 20.9. The van der Waals surface area contributed by atoms with Gasteiger partial charge in [-0.1, -0.05) is 6.92 Å². The summed E-state index contributed by atoms with van der Waals surface area (Å²) in [5.74, 6) is -4.07. The number of pyridine rings is 1. The third-order valence-corrected chi connectivity index (χ3v) is 8.53. The summed E-state index contributed by atoms with van der Waals surface area (Å²) >= 11 is 0. The highest BCUT2D eigenvalue weighted by molar-refractivity contribution is 6.04. The number of carbonyl (C=O) groups is 2. The second-order valence-corrected chi connectivity index (χ2v) is 11.6. The standard InChI is InChI=1S/C31H38F4N2O7/c1-18-5-7-19(8-6-18)28(39)37(21(15-41-2)16-42-3)25-13-24(32)26(12-22(25)29(40)43-4)44-27-23(31(33,34)35)11-20(14-36-27)30(17-38)9-10-30/h11-14,18-19,21,38H,5-10,15-17H2,1-4H3. The summed E-state index contributed by atoms with van der Waals surface area (Å²) in [6.45, 7) is 1.74. The van der Waals surface area contributed by atoms with E-state index >= 15 is 4.39 Å². The van der Waals surface area contributed by atoms with E-state index in [-0.39, 0.29) is 42.5 Å². The number of esters is 1. The molecule has 1 heterocycles. The fourth-order valence-corrected chi connectivity index (χ4v) is 5.69. The van der Waals surface area contributed by atoms with Crippen LogP contribution in [-0.4, -0.2) is 69.2 Å². The topological polar surface area (TPSA) is 107 Å². The van der Waals surface area contributed by atoms with Gasteiger partial charge in [0.15, 0.2) is 11.6 Å². The number of halogens is 4. The Balaban J connectivity index is 1.80. The van der Waals surface area contributed by atoms with Gasteiger partial charge in [0, 0.05) is 43.9 Å². The van der Waals surface area contributed by atoms with Gasteiger partial charge in [-0.25, -0.2) is 14.2 Å². The molecule has 13 heteroatoms. The molecule has 9 nitrogen and oxygen atoms in total. The molecule has 2 aliphatic carbocycles. The minimum absolute atomic E-state index is 0.0102. The van der Waals surface area contributed by atoms with Crippen molar-refractivity contribution < 1.29 is 51.2 Å². The fourth-order valence-electron chi connectivity index (χ4n) is 5.69. The summed E-state index contributed by atoms with van der Waals surface area (Å²) in [4.78, 5) is 32.1. The Hall–Kier alpha value is -3.29. The zero-order chi connectivity index (χ0) is 32.2. The molecule has 4 rings (SSSR count). The zero-order valence-electron chi connectivity index (χ0n) is 25.2. The number of benzene rings is 1. The van der Waals surface area contributed by atoms with Crippen molar-refractivity contribution in [2.45, 2.75) is 63.1 Å². The maximum Gasteiger partial charge on any atom is 0.421 e. The van der Waals surface area contributed by atoms with Crippen LogP contribution in [0.3, 0.4) is 0 Å². The normalized spacial score (nSPS) is 19.5. The smallest absolute Gasteiger partial charge is 0.421 e. The predicted molar refractivity (Wildman–Crippen MR) is 151 cm³/mol. The summed E-state index contributed by atoms with van der Waals surface area (Å²) in [7, 11) is 3.94. The summed E-state index contributed by atoms with van der Waals surface area (Å²) < 4.78 is 79.0. The average molecular weight is 627 g/mol. The van der Waals surface area contributed by atoms with Gasteiger partial charge in [-0.2, -0.15) is 13.2 Å². The van der Waals surface area contributed by atoms with Crippen molar-refractivity contribution in [3.8, 4) is 11.6 Å². The third kappa shape index (κ3) is 7.16. The van der Waals surface area contributed by atoms with Gasteiger partial charge in [0.05, 0.1) is 44.2 Å². The first kappa shape index (κ1) is 33.6. The van der Waals surface area contributed by atoms with Gasteiger partial charge in [0.1, 0.15) is 5.56 Å². The van der Waals surface area contributed by atoms with Crippen LogP contribution in [0, 0.1) is 17.7 Å². The highest BCUT2D eigenvalue weighted by Gasteiger charge is 2.46. The van der Waals surface area contributed by atoms with E-state index in [0.29, 0.717) is 31.6 Å². The first-order valence-corrected chi connectivity index (χ1v) is 14.5. The number of carbonyl (C=O) groups excluding carboxylic acids is 2. The predicted octanol–water partition coefficient (Wildman–Crippen LogP) is 5.66. The molecular weight excluding hydrogens is 588 g/mol. The van der Waals surface area contributed by atoms with Crippen LogP contribution in [0.5, 0.6) is 11.6 Å². The molecule has 0 spiro atoms. The number of anilines is 1. The van der Waals surface area contributed by atoms with Gasteiger partial charge in [0.2, 0.25) is 11.8 Å². The maximum atomic E-state index is 15.8. The van der Waals surface area contributed by atoms with E-state index in [2.05, 4.69) is 11.9 Å². The van der Waals surface area contributed by atoms with Crippen LogP contribution in [-0.2, 0) is 30.6 Å². The van der Waals surface area contributed by atoms with Crippen LogP contribution in [0.2, 0.25) is 0 Å². The Labute approximate surface area is 253 Å². The van der Waals surface area contributed by atoms with Crippen LogP contribution in [0.4, 0.5) is 23.2 Å². The minimum atomic E-state index is -4.92. The molecule has 242 valence electrons. The third-order valence-electron chi connectivity index (χ3n) is 8.53. The minimum Gasteiger partial charge on any atom is -0.465 e. The van der Waals surface area contributed by atoms with Crippen molar-refractivity contribution in [2.75, 3.05) is 46.0 Å². The SMILES string of the molecule is COCC(COC)N(C(=O)C1CCC(C)CC1)c1cc(F)c(Oc2ncc(C3(CO)CC3)cc2C(F)(F)F)cc1C(=O)OC. The average Bonchev–Trinajstić information content (AvgIpc) is 3.79. The van der Waals surface area contributed by atoms with Crippen molar-refractivity contribution in [1.29, 1.82) is 0 Å². The number of aliphatic hydroxyl groups excluding tert-OH is 1. The van der Waals surface area contributed by atoms with Crippen LogP contribution in [0.15, 0.2) is 24.4 Å². The molecule has 1 N–H and O–H groups in total. The molecule has 2 aromatic rings. The van der Waals surface area contributed by atoms with Gasteiger partial charge in [-0.3, -0.25) is 4.79 Å². The van der Waals surface area contributed by atoms with Gasteiger partial charge in [0.25, 0.3) is 0 Å². The van der Waals surface area contributed by atoms with E-state index in [1.807, 2.05) is 0 Å². The number of aliphatic hydroxyl groups is 1. The van der Waals surface area contributed by atoms with Crippen LogP contribution < -0.4 is 9.64 Å². The number of rotatable bonds is 12. The molecule has 0 aliphatic heterocycles. The largest absolute Gasteiger partial charge is 0.465 e. The van der Waals surface area contributed by atoms with Gasteiger partial charge in [-0.15, -0.1) is 0 Å². The zero-order valence-corrected chi connectivity index (χ0v) is 25.2. The van der Waals surface area contributed by atoms with Crippen molar-refractivity contribution in [3.63, 3.8) is 0 Å². The molecule has 1 aromatic carbocycles. The summed E-state index contributed by atoms with van der Waals surface area (Å²) in [6, 6.07) is 1.85. The van der Waals surface area contributed by atoms with E-state index in [4.69, 9.17) is 18.9 Å². The molecule has 2 aliphatic rings. The van der Waals surface area contributed by atoms with Crippen molar-refractivity contribution in [3.05, 3.63) is 46.9 Å². The first-order valence-electron chi connectivity index (χ1n) is 14.5. The molecule has 0 unspecified atom stereocenters. The molecule has 2 saturated carbocycles. The van der Waals surface area contributed by atoms with E-state index in [1.54, 1.807) is 0 Å². The number of nitrogens with zero attached hydrogens (tertiary/aromatic N) is 2. The van der Waals surface area contributed by atoms with Gasteiger partial charge >= 0.3 is 12.1 Å². The van der Waals surface area contributed by atoms with E-state index < -0.39 is 52.5 Å². The van der Waals surface area contributed by atoms with E-state index in [1.165, 1.54) is 19.1 Å². The molecule has 0 saturated heterocycles. The molecule has 0 atom stereocenters. The van der Waals surface area contributed by atoms with Crippen LogP contribution >= 0.6 is 0 Å². The molecule has 1 aromatic heterocycles. The second-order valence-electron chi connectivity index (χ2n) is 11.6. The van der Waals surface area contributed by atoms with Gasteiger partial charge in [-0.05, 0) is 56.1 Å². The van der Waals surface area contributed by atoms with Crippen molar-refractivity contribution in [1.82, 2.24) is 4.98 Å². The Bertz CT molecular complexity index is 1340. The quantitative estimate of drug-likeness (QED) is 0.238. The number of amides is 1. The van der Waals surface area contributed by atoms with Gasteiger partial charge < -0.3 is 29.0 Å². The molecule has 0 radical (unpaired) electrons.